The van der Waals surface area contributed by atoms with Crippen LogP contribution in [0.4, 0.5) is 5.69 Å². The molecule has 2 rings (SSSR count). The molecule has 0 saturated heterocycles. The Labute approximate surface area is 215 Å². The number of hydrogen-bond acceptors (Lipinski definition) is 5. The monoisotopic (exact) mass is 517 g/mol. The van der Waals surface area contributed by atoms with E-state index < -0.39 is 16.1 Å². The van der Waals surface area contributed by atoms with E-state index in [1.54, 1.807) is 43.2 Å². The van der Waals surface area contributed by atoms with Gasteiger partial charge in [0.2, 0.25) is 21.8 Å². The molecule has 1 N–H and O–H groups in total. The highest BCUT2D eigenvalue weighted by Gasteiger charge is 2.27. The van der Waals surface area contributed by atoms with Gasteiger partial charge < -0.3 is 15.0 Å². The average molecular weight is 518 g/mol. The van der Waals surface area contributed by atoms with Crippen LogP contribution in [0.3, 0.4) is 0 Å². The first-order valence-electron chi connectivity index (χ1n) is 12.3. The Morgan fingerprint density at radius 2 is 1.72 bits per heavy atom. The Hall–Kier alpha value is -3.07. The van der Waals surface area contributed by atoms with E-state index in [1.807, 2.05) is 31.2 Å². The molecule has 8 nitrogen and oxygen atoms in total. The summed E-state index contributed by atoms with van der Waals surface area (Å²) < 4.78 is 31.3. The topological polar surface area (TPSA) is 96.0 Å². The normalized spacial score (nSPS) is 12.0. The van der Waals surface area contributed by atoms with Gasteiger partial charge in [0.15, 0.2) is 0 Å². The predicted molar refractivity (Wildman–Crippen MR) is 144 cm³/mol. The van der Waals surface area contributed by atoms with E-state index in [9.17, 15) is 18.0 Å². The van der Waals surface area contributed by atoms with Crippen LogP contribution in [0.5, 0.6) is 5.75 Å². The number of amides is 2. The van der Waals surface area contributed by atoms with Gasteiger partial charge in [-0.3, -0.25) is 13.9 Å². The molecule has 1 atom stereocenters. The van der Waals surface area contributed by atoms with Crippen molar-refractivity contribution in [2.75, 3.05) is 30.8 Å². The first-order valence-corrected chi connectivity index (χ1v) is 14.2. The number of sulfonamides is 1. The number of rotatable bonds is 14. The number of anilines is 1. The summed E-state index contributed by atoms with van der Waals surface area (Å²) in [6.07, 6.45) is 3.40. The summed E-state index contributed by atoms with van der Waals surface area (Å²) in [7, 11) is -2.00. The number of methoxy groups -OCH3 is 1. The second-order valence-electron chi connectivity index (χ2n) is 8.91. The van der Waals surface area contributed by atoms with E-state index in [4.69, 9.17) is 4.74 Å². The number of ether oxygens (including phenoxy) is 1. The van der Waals surface area contributed by atoms with Crippen molar-refractivity contribution in [2.24, 2.45) is 0 Å². The maximum atomic E-state index is 13.3. The molecule has 0 saturated carbocycles. The molecule has 0 heterocycles. The Morgan fingerprint density at radius 1 is 1.06 bits per heavy atom. The number of nitrogens with one attached hydrogen (secondary N) is 1. The summed E-state index contributed by atoms with van der Waals surface area (Å²) in [5.41, 5.74) is 2.51. The summed E-state index contributed by atoms with van der Waals surface area (Å²) in [6, 6.07) is 13.9. The van der Waals surface area contributed by atoms with E-state index in [2.05, 4.69) is 12.2 Å². The zero-order valence-corrected chi connectivity index (χ0v) is 22.8. The molecule has 0 fully saturated rings. The molecule has 0 aliphatic rings. The molecule has 0 aliphatic heterocycles. The van der Waals surface area contributed by atoms with Gasteiger partial charge in [0, 0.05) is 26.1 Å². The average Bonchev–Trinajstić information content (AvgIpc) is 2.85. The van der Waals surface area contributed by atoms with Gasteiger partial charge in [-0.1, -0.05) is 37.6 Å². The number of benzene rings is 2. The summed E-state index contributed by atoms with van der Waals surface area (Å²) in [6.45, 7) is 6.78. The highest BCUT2D eigenvalue weighted by atomic mass is 32.2. The zero-order chi connectivity index (χ0) is 26.7. The van der Waals surface area contributed by atoms with Gasteiger partial charge in [-0.15, -0.1) is 0 Å². The largest absolute Gasteiger partial charge is 0.497 e. The van der Waals surface area contributed by atoms with Crippen LogP contribution in [-0.2, 0) is 26.2 Å². The molecule has 0 aromatic heterocycles. The van der Waals surface area contributed by atoms with Crippen LogP contribution < -0.4 is 14.4 Å². The number of carbonyl (C=O) groups is 2. The Balaban J connectivity index is 2.15. The van der Waals surface area contributed by atoms with Crippen molar-refractivity contribution in [2.45, 2.75) is 59.0 Å². The summed E-state index contributed by atoms with van der Waals surface area (Å²) in [5, 5.41) is 2.91. The number of carbonyl (C=O) groups excluding carboxylic acids is 2. The van der Waals surface area contributed by atoms with Crippen LogP contribution in [-0.4, -0.2) is 57.6 Å². The van der Waals surface area contributed by atoms with Crippen LogP contribution >= 0.6 is 0 Å². The van der Waals surface area contributed by atoms with Crippen LogP contribution in [0.2, 0.25) is 0 Å². The fourth-order valence-electron chi connectivity index (χ4n) is 3.84. The smallest absolute Gasteiger partial charge is 0.242 e. The van der Waals surface area contributed by atoms with Crippen molar-refractivity contribution >= 4 is 27.5 Å². The van der Waals surface area contributed by atoms with E-state index in [0.29, 0.717) is 30.9 Å². The quantitative estimate of drug-likeness (QED) is 0.384. The lowest BCUT2D eigenvalue weighted by atomic mass is 10.1. The van der Waals surface area contributed by atoms with Gasteiger partial charge in [0.1, 0.15) is 11.8 Å². The highest BCUT2D eigenvalue weighted by Crippen LogP contribution is 2.22. The lowest BCUT2D eigenvalue weighted by molar-refractivity contribution is -0.140. The molecule has 2 amide bonds. The maximum absolute atomic E-state index is 13.3. The van der Waals surface area contributed by atoms with E-state index >= 15 is 0 Å². The first-order chi connectivity index (χ1) is 17.1. The second-order valence-corrected chi connectivity index (χ2v) is 10.8. The van der Waals surface area contributed by atoms with Gasteiger partial charge >= 0.3 is 0 Å². The molecule has 0 spiro atoms. The van der Waals surface area contributed by atoms with Crippen LogP contribution in [0, 0.1) is 6.92 Å². The number of unbranched alkanes of at least 4 members (excludes halogenated alkanes) is 1. The Morgan fingerprint density at radius 3 is 2.31 bits per heavy atom. The van der Waals surface area contributed by atoms with Gasteiger partial charge in [0.05, 0.1) is 19.1 Å². The molecule has 0 aliphatic carbocycles. The molecular weight excluding hydrogens is 478 g/mol. The minimum Gasteiger partial charge on any atom is -0.497 e. The van der Waals surface area contributed by atoms with Gasteiger partial charge in [0.25, 0.3) is 0 Å². The van der Waals surface area contributed by atoms with Crippen molar-refractivity contribution in [1.29, 1.82) is 0 Å². The lowest BCUT2D eigenvalue weighted by Crippen LogP contribution is -2.48. The minimum atomic E-state index is -3.55. The first kappa shape index (κ1) is 29.2. The van der Waals surface area contributed by atoms with E-state index in [1.165, 1.54) is 4.31 Å². The predicted octanol–water partition coefficient (Wildman–Crippen LogP) is 3.88. The molecule has 0 radical (unpaired) electrons. The zero-order valence-electron chi connectivity index (χ0n) is 22.0. The Kier molecular flexibility index (Phi) is 11.2. The minimum absolute atomic E-state index is 0.112. The van der Waals surface area contributed by atoms with Crippen LogP contribution in [0.15, 0.2) is 48.5 Å². The summed E-state index contributed by atoms with van der Waals surface area (Å²) in [4.78, 5) is 27.7. The summed E-state index contributed by atoms with van der Waals surface area (Å²) >= 11 is 0. The van der Waals surface area contributed by atoms with Crippen molar-refractivity contribution in [3.8, 4) is 5.75 Å². The second kappa shape index (κ2) is 13.9. The molecule has 9 heteroatoms. The van der Waals surface area contributed by atoms with Gasteiger partial charge in [-0.2, -0.15) is 0 Å². The SMILES string of the molecule is CCCCNC(=O)C(C)N(Cc1ccccc1C)C(=O)CCCN(c1ccc(OC)cc1)S(C)(=O)=O. The number of aryl methyl sites for hydroxylation is 1. The lowest BCUT2D eigenvalue weighted by Gasteiger charge is -2.30. The molecule has 1 unspecified atom stereocenters. The summed E-state index contributed by atoms with van der Waals surface area (Å²) in [5.74, 6) is 0.237. The fraction of sp³-hybridized carbons (Fsp3) is 0.481. The maximum Gasteiger partial charge on any atom is 0.242 e. The van der Waals surface area contributed by atoms with Crippen molar-refractivity contribution < 1.29 is 22.7 Å². The van der Waals surface area contributed by atoms with Gasteiger partial charge in [-0.05, 0) is 62.1 Å². The highest BCUT2D eigenvalue weighted by molar-refractivity contribution is 7.92. The van der Waals surface area contributed by atoms with Crippen molar-refractivity contribution in [3.05, 3.63) is 59.7 Å². The van der Waals surface area contributed by atoms with E-state index in [-0.39, 0.29) is 24.8 Å². The third kappa shape index (κ3) is 8.55. The van der Waals surface area contributed by atoms with E-state index in [0.717, 1.165) is 30.2 Å². The molecule has 2 aromatic rings. The molecular formula is C27H39N3O5S. The molecule has 0 bridgehead atoms. The van der Waals surface area contributed by atoms with Crippen molar-refractivity contribution in [1.82, 2.24) is 10.2 Å². The van der Waals surface area contributed by atoms with Crippen LogP contribution in [0.25, 0.3) is 0 Å². The molecule has 198 valence electrons. The standard InChI is InChI=1S/C27H39N3O5S/c1-6-7-18-28-27(32)22(3)29(20-23-12-9-8-11-21(23)2)26(31)13-10-19-30(36(5,33)34)24-14-16-25(35-4)17-15-24/h8-9,11-12,14-17,22H,6-7,10,13,18-20H2,1-5H3,(H,28,32). The number of hydrogen-bond donors (Lipinski definition) is 1. The number of nitrogens with zero attached hydrogens (tertiary/aromatic N) is 2. The molecule has 2 aromatic carbocycles. The van der Waals surface area contributed by atoms with Crippen LogP contribution in [0.1, 0.15) is 50.7 Å². The van der Waals surface area contributed by atoms with Crippen molar-refractivity contribution in [3.63, 3.8) is 0 Å². The third-order valence-corrected chi connectivity index (χ3v) is 7.31. The Bertz CT molecular complexity index is 1100. The van der Waals surface area contributed by atoms with Gasteiger partial charge in [-0.25, -0.2) is 8.42 Å². The fourth-order valence-corrected chi connectivity index (χ4v) is 4.81. The molecule has 36 heavy (non-hydrogen) atoms. The third-order valence-electron chi connectivity index (χ3n) is 6.11.